The van der Waals surface area contributed by atoms with Crippen LogP contribution in [0.15, 0.2) is 66.7 Å². The molecule has 192 valence electrons. The average molecular weight is 528 g/mol. The standard InChI is InChI=1S/C30H26ClN3O4/c1-2-38-23-15-6-3-9-17(23)26(35)24-22-14-8-16-34(22)30(19-11-7-12-20(31)25(19)33-28(30)37)29(24)18-10-4-5-13-21(18)32-27(29)36/h3-7,9-13,15,22,24H,2,8,14,16H2,1H3,(H,32,36)(H,33,37). The molecule has 3 aromatic carbocycles. The van der Waals surface area contributed by atoms with Gasteiger partial charge in [0.15, 0.2) is 5.78 Å². The van der Waals surface area contributed by atoms with E-state index in [1.807, 2.05) is 43.3 Å². The molecule has 0 aromatic heterocycles. The number of nitrogens with zero attached hydrogens (tertiary/aromatic N) is 1. The van der Waals surface area contributed by atoms with E-state index in [2.05, 4.69) is 15.5 Å². The van der Waals surface area contributed by atoms with Gasteiger partial charge in [-0.05, 0) is 56.1 Å². The first kappa shape index (κ1) is 23.4. The van der Waals surface area contributed by atoms with Gasteiger partial charge in [0.25, 0.3) is 5.91 Å². The lowest BCUT2D eigenvalue weighted by atomic mass is 9.57. The van der Waals surface area contributed by atoms with E-state index in [0.29, 0.717) is 58.4 Å². The molecule has 3 aromatic rings. The number of rotatable bonds is 4. The molecule has 7 rings (SSSR count). The fraction of sp³-hybridized carbons (Fsp3) is 0.300. The number of Topliss-reactive ketones (excluding diaryl/α,β-unsaturated/α-hetero) is 1. The van der Waals surface area contributed by atoms with Gasteiger partial charge in [0.05, 0.1) is 28.8 Å². The maximum absolute atomic E-state index is 14.8. The smallest absolute Gasteiger partial charge is 0.251 e. The second kappa shape index (κ2) is 8.16. The van der Waals surface area contributed by atoms with Crippen LogP contribution in [0.25, 0.3) is 0 Å². The number of para-hydroxylation sites is 3. The number of ether oxygens (including phenoxy) is 1. The average Bonchev–Trinajstić information content (AvgIpc) is 3.64. The third kappa shape index (κ3) is 2.60. The van der Waals surface area contributed by atoms with Crippen LogP contribution in [-0.2, 0) is 20.5 Å². The molecular weight excluding hydrogens is 502 g/mol. The predicted octanol–water partition coefficient (Wildman–Crippen LogP) is 4.75. The lowest BCUT2D eigenvalue weighted by molar-refractivity contribution is -0.137. The van der Waals surface area contributed by atoms with Gasteiger partial charge in [0, 0.05) is 17.3 Å². The first-order chi connectivity index (χ1) is 18.5. The summed E-state index contributed by atoms with van der Waals surface area (Å²) in [7, 11) is 0. The maximum atomic E-state index is 14.8. The van der Waals surface area contributed by atoms with Gasteiger partial charge in [0.1, 0.15) is 16.7 Å². The number of halogens is 1. The molecule has 0 bridgehead atoms. The van der Waals surface area contributed by atoms with Gasteiger partial charge in [-0.3, -0.25) is 19.3 Å². The Kier molecular flexibility index (Phi) is 5.03. The molecule has 8 heteroatoms. The summed E-state index contributed by atoms with van der Waals surface area (Å²) < 4.78 is 5.85. The Balaban J connectivity index is 1.58. The van der Waals surface area contributed by atoms with Crippen molar-refractivity contribution in [2.75, 3.05) is 23.8 Å². The van der Waals surface area contributed by atoms with Gasteiger partial charge in [0.2, 0.25) is 5.91 Å². The second-order valence-electron chi connectivity index (χ2n) is 10.3. The molecule has 4 unspecified atom stereocenters. The molecule has 0 saturated carbocycles. The van der Waals surface area contributed by atoms with Crippen LogP contribution in [0, 0.1) is 5.92 Å². The number of hydrogen-bond donors (Lipinski definition) is 2. The number of carbonyl (C=O) groups is 3. The molecular formula is C30H26ClN3O4. The van der Waals surface area contributed by atoms with Crippen molar-refractivity contribution in [3.63, 3.8) is 0 Å². The summed E-state index contributed by atoms with van der Waals surface area (Å²) in [5.74, 6) is -1.22. The summed E-state index contributed by atoms with van der Waals surface area (Å²) in [6, 6.07) is 19.7. The van der Waals surface area contributed by atoms with Gasteiger partial charge in [-0.1, -0.05) is 54.1 Å². The molecule has 4 atom stereocenters. The molecule has 7 nitrogen and oxygen atoms in total. The van der Waals surface area contributed by atoms with Gasteiger partial charge < -0.3 is 15.4 Å². The van der Waals surface area contributed by atoms with E-state index in [-0.39, 0.29) is 23.6 Å². The van der Waals surface area contributed by atoms with E-state index < -0.39 is 16.9 Å². The van der Waals surface area contributed by atoms with Crippen molar-refractivity contribution in [1.29, 1.82) is 0 Å². The zero-order valence-corrected chi connectivity index (χ0v) is 21.5. The molecule has 4 aliphatic rings. The van der Waals surface area contributed by atoms with Gasteiger partial charge in [-0.2, -0.15) is 0 Å². The highest BCUT2D eigenvalue weighted by molar-refractivity contribution is 6.35. The molecule has 2 saturated heterocycles. The Bertz CT molecular complexity index is 1540. The molecule has 2 spiro atoms. The number of benzene rings is 3. The summed E-state index contributed by atoms with van der Waals surface area (Å²) in [5, 5.41) is 6.47. The highest BCUT2D eigenvalue weighted by Gasteiger charge is 2.81. The van der Waals surface area contributed by atoms with Gasteiger partial charge >= 0.3 is 0 Å². The zero-order valence-electron chi connectivity index (χ0n) is 20.8. The lowest BCUT2D eigenvalue weighted by Gasteiger charge is -2.43. The largest absolute Gasteiger partial charge is 0.493 e. The maximum Gasteiger partial charge on any atom is 0.251 e. The minimum absolute atomic E-state index is 0.196. The summed E-state index contributed by atoms with van der Waals surface area (Å²) in [6.07, 6.45) is 1.50. The Morgan fingerprint density at radius 1 is 1.00 bits per heavy atom. The van der Waals surface area contributed by atoms with Crippen LogP contribution in [0.4, 0.5) is 11.4 Å². The number of carbonyl (C=O) groups excluding carboxylic acids is 3. The number of nitrogens with one attached hydrogen (secondary N) is 2. The number of amides is 2. The van der Waals surface area contributed by atoms with Crippen LogP contribution < -0.4 is 15.4 Å². The van der Waals surface area contributed by atoms with Gasteiger partial charge in [-0.25, -0.2) is 0 Å². The Morgan fingerprint density at radius 2 is 1.76 bits per heavy atom. The molecule has 2 N–H and O–H groups in total. The van der Waals surface area contributed by atoms with Crippen molar-refractivity contribution < 1.29 is 19.1 Å². The Hall–Kier alpha value is -3.68. The quantitative estimate of drug-likeness (QED) is 0.478. The van der Waals surface area contributed by atoms with E-state index in [1.165, 1.54) is 0 Å². The molecule has 38 heavy (non-hydrogen) atoms. The van der Waals surface area contributed by atoms with Crippen LogP contribution in [0.1, 0.15) is 41.3 Å². The molecule has 2 fully saturated rings. The molecule has 0 aliphatic carbocycles. The third-order valence-electron chi connectivity index (χ3n) is 8.82. The Labute approximate surface area is 225 Å². The highest BCUT2D eigenvalue weighted by Crippen LogP contribution is 2.68. The summed E-state index contributed by atoms with van der Waals surface area (Å²) in [6.45, 7) is 2.85. The fourth-order valence-electron chi connectivity index (χ4n) is 7.69. The summed E-state index contributed by atoms with van der Waals surface area (Å²) in [4.78, 5) is 45.8. The summed E-state index contributed by atoms with van der Waals surface area (Å²) in [5.41, 5.74) is -0.0976. The first-order valence-corrected chi connectivity index (χ1v) is 13.4. The zero-order chi connectivity index (χ0) is 26.2. The number of ketones is 1. The Morgan fingerprint density at radius 3 is 2.61 bits per heavy atom. The molecule has 2 amide bonds. The second-order valence-corrected chi connectivity index (χ2v) is 10.7. The van der Waals surface area contributed by atoms with E-state index in [1.54, 1.807) is 30.3 Å². The minimum atomic E-state index is -1.51. The van der Waals surface area contributed by atoms with Crippen molar-refractivity contribution in [2.45, 2.75) is 36.8 Å². The number of fused-ring (bicyclic) bond motifs is 7. The van der Waals surface area contributed by atoms with Crippen molar-refractivity contribution in [2.24, 2.45) is 5.92 Å². The van der Waals surface area contributed by atoms with Crippen LogP contribution in [0.3, 0.4) is 0 Å². The third-order valence-corrected chi connectivity index (χ3v) is 9.13. The highest BCUT2D eigenvalue weighted by atomic mass is 35.5. The van der Waals surface area contributed by atoms with Crippen molar-refractivity contribution in [3.05, 3.63) is 88.4 Å². The van der Waals surface area contributed by atoms with Crippen molar-refractivity contribution >= 4 is 40.6 Å². The van der Waals surface area contributed by atoms with Crippen molar-refractivity contribution in [1.82, 2.24) is 4.90 Å². The van der Waals surface area contributed by atoms with Crippen LogP contribution in [0.2, 0.25) is 5.02 Å². The minimum Gasteiger partial charge on any atom is -0.493 e. The van der Waals surface area contributed by atoms with E-state index in [0.717, 1.165) is 6.42 Å². The van der Waals surface area contributed by atoms with E-state index in [9.17, 15) is 14.4 Å². The van der Waals surface area contributed by atoms with Crippen molar-refractivity contribution in [3.8, 4) is 5.75 Å². The molecule has 4 heterocycles. The molecule has 0 radical (unpaired) electrons. The van der Waals surface area contributed by atoms with Crippen LogP contribution in [0.5, 0.6) is 5.75 Å². The lowest BCUT2D eigenvalue weighted by Crippen LogP contribution is -2.62. The normalized spacial score (nSPS) is 28.8. The van der Waals surface area contributed by atoms with E-state index in [4.69, 9.17) is 16.3 Å². The monoisotopic (exact) mass is 527 g/mol. The van der Waals surface area contributed by atoms with Crippen LogP contribution in [-0.4, -0.2) is 41.7 Å². The topological polar surface area (TPSA) is 87.7 Å². The molecule has 4 aliphatic heterocycles. The number of anilines is 2. The predicted molar refractivity (Wildman–Crippen MR) is 144 cm³/mol. The van der Waals surface area contributed by atoms with Crippen LogP contribution >= 0.6 is 11.6 Å². The van der Waals surface area contributed by atoms with Gasteiger partial charge in [-0.15, -0.1) is 0 Å². The fourth-order valence-corrected chi connectivity index (χ4v) is 7.91. The number of hydrogen-bond acceptors (Lipinski definition) is 5. The SMILES string of the molecule is CCOc1ccccc1C(=O)C1C2CCCN2C2(C(=O)Nc3c(Cl)cccc32)C12C(=O)Nc1ccccc12. The first-order valence-electron chi connectivity index (χ1n) is 13.0. The van der Waals surface area contributed by atoms with E-state index >= 15 is 0 Å². The summed E-state index contributed by atoms with van der Waals surface area (Å²) >= 11 is 6.60.